The molecule has 2 N–H and O–H groups in total. The van der Waals surface area contributed by atoms with Crippen molar-refractivity contribution in [3.05, 3.63) is 41.0 Å². The van der Waals surface area contributed by atoms with Gasteiger partial charge in [0.1, 0.15) is 11.5 Å². The van der Waals surface area contributed by atoms with Crippen LogP contribution in [0.1, 0.15) is 139 Å². The third kappa shape index (κ3) is 24.0. The highest BCUT2D eigenvalue weighted by Crippen LogP contribution is 2.30. The third-order valence-corrected chi connectivity index (χ3v) is 7.05. The van der Waals surface area contributed by atoms with E-state index >= 15 is 0 Å². The number of allylic oxidation sites excluding steroid dienone is 2. The SMILES string of the molecule is CC.CC(C)=O.CCC1CCNC1CC.CCCCC(C)C/C(C)=C/C(=NC)C(C)=O.CCc1cc(O)cc(C(C)(F)F)c1. The maximum Gasteiger partial charge on any atom is 0.270 e. The van der Waals surface area contributed by atoms with Gasteiger partial charge in [0.15, 0.2) is 5.78 Å². The number of rotatable bonds is 11. The number of hydrogen-bond acceptors (Lipinski definition) is 5. The molecule has 0 aromatic heterocycles. The van der Waals surface area contributed by atoms with Crippen molar-refractivity contribution in [3.63, 3.8) is 0 Å². The van der Waals surface area contributed by atoms with Crippen LogP contribution in [0, 0.1) is 11.8 Å². The lowest BCUT2D eigenvalue weighted by Crippen LogP contribution is -2.25. The fourth-order valence-electron chi connectivity index (χ4n) is 4.74. The fraction of sp³-hybridized carbons (Fsp3) is 0.703. The van der Waals surface area contributed by atoms with Gasteiger partial charge in [0, 0.05) is 32.5 Å². The lowest BCUT2D eigenvalue weighted by molar-refractivity contribution is -0.115. The van der Waals surface area contributed by atoms with Gasteiger partial charge >= 0.3 is 0 Å². The number of Topliss-reactive ketones (excluding diaryl/α,β-unsaturated/α-hetero) is 2. The molecule has 0 spiro atoms. The minimum atomic E-state index is -2.89. The third-order valence-electron chi connectivity index (χ3n) is 7.05. The number of hydrogen-bond donors (Lipinski definition) is 2. The number of carbonyl (C=O) groups is 2. The van der Waals surface area contributed by atoms with E-state index in [-0.39, 0.29) is 22.9 Å². The average molecular weight is 625 g/mol. The first-order chi connectivity index (χ1) is 20.5. The number of aryl methyl sites for hydroxylation is 1. The predicted molar refractivity (Wildman–Crippen MR) is 186 cm³/mol. The quantitative estimate of drug-likeness (QED) is 0.240. The van der Waals surface area contributed by atoms with Gasteiger partial charge in [-0.15, -0.1) is 0 Å². The second-order valence-electron chi connectivity index (χ2n) is 11.6. The number of halogens is 2. The normalized spacial score (nSPS) is 16.9. The van der Waals surface area contributed by atoms with Crippen LogP contribution < -0.4 is 5.32 Å². The van der Waals surface area contributed by atoms with Crippen molar-refractivity contribution < 1.29 is 23.5 Å². The van der Waals surface area contributed by atoms with Crippen LogP contribution in [0.3, 0.4) is 0 Å². The van der Waals surface area contributed by atoms with Gasteiger partial charge in [0.05, 0.1) is 5.71 Å². The highest BCUT2D eigenvalue weighted by atomic mass is 19.3. The van der Waals surface area contributed by atoms with Crippen LogP contribution in [0.5, 0.6) is 5.75 Å². The Morgan fingerprint density at radius 1 is 1.07 bits per heavy atom. The molecule has 1 fully saturated rings. The Morgan fingerprint density at radius 3 is 2.02 bits per heavy atom. The molecule has 1 saturated heterocycles. The Morgan fingerprint density at radius 2 is 1.64 bits per heavy atom. The van der Waals surface area contributed by atoms with Gasteiger partial charge in [-0.1, -0.05) is 79.7 Å². The Hall–Kier alpha value is -2.41. The van der Waals surface area contributed by atoms with E-state index in [0.29, 0.717) is 18.1 Å². The number of nitrogens with zero attached hydrogens (tertiary/aromatic N) is 1. The number of carbonyl (C=O) groups excluding carboxylic acids is 2. The second-order valence-corrected chi connectivity index (χ2v) is 11.6. The number of nitrogens with one attached hydrogen (secondary N) is 1. The first-order valence-corrected chi connectivity index (χ1v) is 16.6. The van der Waals surface area contributed by atoms with E-state index in [1.165, 1.54) is 76.6 Å². The van der Waals surface area contributed by atoms with Crippen molar-refractivity contribution in [1.82, 2.24) is 5.32 Å². The molecule has 0 saturated carbocycles. The first-order valence-electron chi connectivity index (χ1n) is 16.6. The zero-order valence-electron chi connectivity index (χ0n) is 30.4. The molecule has 256 valence electrons. The minimum Gasteiger partial charge on any atom is -0.508 e. The monoisotopic (exact) mass is 625 g/mol. The molecular formula is C37H66F2N2O3. The number of aromatic hydroxyl groups is 1. The Balaban J connectivity index is -0.000000538. The van der Waals surface area contributed by atoms with Gasteiger partial charge in [-0.3, -0.25) is 9.79 Å². The van der Waals surface area contributed by atoms with E-state index in [2.05, 4.69) is 44.9 Å². The largest absolute Gasteiger partial charge is 0.508 e. The minimum absolute atomic E-state index is 0.0445. The molecule has 5 nitrogen and oxygen atoms in total. The highest BCUT2D eigenvalue weighted by molar-refractivity contribution is 6.43. The smallest absolute Gasteiger partial charge is 0.270 e. The zero-order valence-corrected chi connectivity index (χ0v) is 30.4. The van der Waals surface area contributed by atoms with Crippen LogP contribution in [0.25, 0.3) is 0 Å². The summed E-state index contributed by atoms with van der Waals surface area (Å²) < 4.78 is 25.7. The van der Waals surface area contributed by atoms with Gasteiger partial charge in [-0.2, -0.15) is 0 Å². The molecular weight excluding hydrogens is 558 g/mol. The average Bonchev–Trinajstić information content (AvgIpc) is 3.43. The maximum absolute atomic E-state index is 12.8. The van der Waals surface area contributed by atoms with E-state index in [4.69, 9.17) is 5.11 Å². The van der Waals surface area contributed by atoms with Crippen LogP contribution >= 0.6 is 0 Å². The van der Waals surface area contributed by atoms with Gasteiger partial charge < -0.3 is 15.2 Å². The summed E-state index contributed by atoms with van der Waals surface area (Å²) in [6, 6.07) is 4.84. The van der Waals surface area contributed by atoms with Crippen LogP contribution in [-0.2, 0) is 21.9 Å². The molecule has 1 aromatic carbocycles. The van der Waals surface area contributed by atoms with E-state index in [0.717, 1.165) is 36.9 Å². The Labute approximate surface area is 269 Å². The van der Waals surface area contributed by atoms with Crippen molar-refractivity contribution in [1.29, 1.82) is 0 Å². The number of ketones is 2. The number of phenolic OH excluding ortho intramolecular Hbond substituents is 1. The number of benzene rings is 1. The molecule has 44 heavy (non-hydrogen) atoms. The van der Waals surface area contributed by atoms with E-state index < -0.39 is 5.92 Å². The number of unbranched alkanes of at least 4 members (excludes halogenated alkanes) is 1. The van der Waals surface area contributed by atoms with Crippen LogP contribution in [0.15, 0.2) is 34.8 Å². The molecule has 1 aromatic rings. The van der Waals surface area contributed by atoms with Crippen molar-refractivity contribution in [3.8, 4) is 5.75 Å². The number of aliphatic imine (C=N–C) groups is 1. The van der Waals surface area contributed by atoms with Gasteiger partial charge in [0.2, 0.25) is 0 Å². The molecule has 0 bridgehead atoms. The van der Waals surface area contributed by atoms with Crippen LogP contribution in [0.4, 0.5) is 8.78 Å². The number of phenols is 1. The summed E-state index contributed by atoms with van der Waals surface area (Å²) in [4.78, 5) is 24.6. The molecule has 1 aliphatic rings. The van der Waals surface area contributed by atoms with Crippen molar-refractivity contribution in [2.75, 3.05) is 13.6 Å². The standard InChI is InChI=1S/C14H25NO.C10H12F2O.C8H17N.C3H6O.C2H6/c1-6-7-8-11(2)9-12(3)10-14(15-5)13(4)16;1-3-7-4-8(10(2,11)12)6-9(13)5-7;1-3-7-5-6-9-8(7)4-2;1-3(2)4;1-2/h10-11H,6-9H2,1-5H3;4-6,13H,3H2,1-2H3;7-9H,3-6H2,1-2H3;1-2H3;1-2H3/b12-10+,15-14?;;;;. The lowest BCUT2D eigenvalue weighted by Gasteiger charge is -2.14. The van der Waals surface area contributed by atoms with Gasteiger partial charge in [0.25, 0.3) is 5.92 Å². The van der Waals surface area contributed by atoms with Crippen molar-refractivity contribution in [2.24, 2.45) is 16.8 Å². The van der Waals surface area contributed by atoms with Crippen LogP contribution in [0.2, 0.25) is 0 Å². The summed E-state index contributed by atoms with van der Waals surface area (Å²) in [5, 5.41) is 12.7. The summed E-state index contributed by atoms with van der Waals surface area (Å²) in [7, 11) is 1.67. The maximum atomic E-state index is 12.8. The highest BCUT2D eigenvalue weighted by Gasteiger charge is 2.25. The first kappa shape index (κ1) is 46.0. The molecule has 7 heteroatoms. The van der Waals surface area contributed by atoms with Crippen LogP contribution in [-0.4, -0.2) is 42.0 Å². The Kier molecular flexibility index (Phi) is 28.2. The van der Waals surface area contributed by atoms with Crippen molar-refractivity contribution >= 4 is 17.3 Å². The summed E-state index contributed by atoms with van der Waals surface area (Å²) in [6.45, 7) is 23.7. The summed E-state index contributed by atoms with van der Waals surface area (Å²) in [6.07, 6.45) is 11.5. The zero-order chi connectivity index (χ0) is 34.9. The molecule has 1 heterocycles. The summed E-state index contributed by atoms with van der Waals surface area (Å²) in [5.74, 6) is -1.11. The topological polar surface area (TPSA) is 78.8 Å². The van der Waals surface area contributed by atoms with E-state index in [1.54, 1.807) is 14.0 Å². The Bertz CT molecular complexity index is 954. The summed E-state index contributed by atoms with van der Waals surface area (Å²) >= 11 is 0. The molecule has 0 amide bonds. The molecule has 3 atom stereocenters. The van der Waals surface area contributed by atoms with E-state index in [9.17, 15) is 18.4 Å². The number of alkyl halides is 2. The molecule has 3 unspecified atom stereocenters. The van der Waals surface area contributed by atoms with Gasteiger partial charge in [-0.05, 0) is 94.7 Å². The van der Waals surface area contributed by atoms with Crippen molar-refractivity contribution in [2.45, 2.75) is 146 Å². The molecule has 0 radical (unpaired) electrons. The molecule has 0 aliphatic carbocycles. The predicted octanol–water partition coefficient (Wildman–Crippen LogP) is 10.3. The molecule has 2 rings (SSSR count). The van der Waals surface area contributed by atoms with E-state index in [1.807, 2.05) is 26.8 Å². The summed E-state index contributed by atoms with van der Waals surface area (Å²) in [5.41, 5.74) is 2.42. The van der Waals surface area contributed by atoms with Gasteiger partial charge in [-0.25, -0.2) is 8.78 Å². The lowest BCUT2D eigenvalue weighted by atomic mass is 9.96. The fourth-order valence-corrected chi connectivity index (χ4v) is 4.74. The molecule has 1 aliphatic heterocycles. The second kappa shape index (κ2) is 26.9.